The number of hydrazine groups is 1. The summed E-state index contributed by atoms with van der Waals surface area (Å²) < 4.78 is 1.66. The number of aromatic nitrogens is 3. The van der Waals surface area contributed by atoms with Gasteiger partial charge in [-0.1, -0.05) is 17.8 Å². The molecule has 0 aliphatic carbocycles. The van der Waals surface area contributed by atoms with Gasteiger partial charge in [-0.15, -0.1) is 0 Å². The van der Waals surface area contributed by atoms with Gasteiger partial charge in [0.25, 0.3) is 5.69 Å². The molecule has 1 aromatic carbocycles. The lowest BCUT2D eigenvalue weighted by molar-refractivity contribution is -0.384. The third kappa shape index (κ3) is 3.01. The summed E-state index contributed by atoms with van der Waals surface area (Å²) in [7, 11) is 1.80. The zero-order chi connectivity index (χ0) is 13.8. The maximum Gasteiger partial charge on any atom is 0.293 e. The lowest BCUT2D eigenvalue weighted by atomic mass is 10.2. The Balaban J connectivity index is 2.13. The van der Waals surface area contributed by atoms with Crippen LogP contribution in [0.4, 0.5) is 11.4 Å². The van der Waals surface area contributed by atoms with Crippen LogP contribution in [-0.4, -0.2) is 19.7 Å². The van der Waals surface area contributed by atoms with E-state index in [1.807, 2.05) is 0 Å². The van der Waals surface area contributed by atoms with Gasteiger partial charge in [-0.3, -0.25) is 16.0 Å². The molecule has 0 spiro atoms. The first kappa shape index (κ1) is 13.3. The molecule has 3 N–H and O–H groups in total. The molecule has 0 saturated carbocycles. The van der Waals surface area contributed by atoms with Crippen molar-refractivity contribution >= 4 is 23.1 Å². The Kier molecular flexibility index (Phi) is 3.97. The van der Waals surface area contributed by atoms with E-state index in [4.69, 9.17) is 5.84 Å². The number of nitro benzene ring substituents is 1. The minimum Gasteiger partial charge on any atom is -0.318 e. The summed E-state index contributed by atoms with van der Waals surface area (Å²) in [6.45, 7) is 0. The highest BCUT2D eigenvalue weighted by Crippen LogP contribution is 2.27. The summed E-state index contributed by atoms with van der Waals surface area (Å²) in [6.07, 6.45) is 1.48. The molecule has 2 rings (SSSR count). The van der Waals surface area contributed by atoms with Crippen molar-refractivity contribution in [3.63, 3.8) is 0 Å². The fraction of sp³-hybridized carbons (Fsp3) is 0.200. The molecule has 8 nitrogen and oxygen atoms in total. The van der Waals surface area contributed by atoms with Gasteiger partial charge in [0.1, 0.15) is 12.0 Å². The number of anilines is 1. The summed E-state index contributed by atoms with van der Waals surface area (Å²) in [4.78, 5) is 14.4. The predicted molar refractivity (Wildman–Crippen MR) is 71.5 cm³/mol. The minimum absolute atomic E-state index is 0.0464. The highest BCUT2D eigenvalue weighted by atomic mass is 32.2. The molecule has 0 bridgehead atoms. The number of hydrogen-bond donors (Lipinski definition) is 2. The molecule has 0 amide bonds. The molecule has 1 heterocycles. The lowest BCUT2D eigenvalue weighted by Gasteiger charge is -2.05. The van der Waals surface area contributed by atoms with Crippen molar-refractivity contribution in [1.82, 2.24) is 14.8 Å². The van der Waals surface area contributed by atoms with E-state index in [0.29, 0.717) is 11.4 Å². The molecule has 0 fully saturated rings. The van der Waals surface area contributed by atoms with Crippen molar-refractivity contribution in [2.75, 3.05) is 5.43 Å². The topological polar surface area (TPSA) is 112 Å². The third-order valence-electron chi connectivity index (χ3n) is 2.45. The minimum atomic E-state index is -0.477. The maximum atomic E-state index is 10.8. The second kappa shape index (κ2) is 5.67. The summed E-state index contributed by atoms with van der Waals surface area (Å²) in [5.41, 5.74) is 3.49. The predicted octanol–water partition coefficient (Wildman–Crippen LogP) is 1.30. The van der Waals surface area contributed by atoms with Gasteiger partial charge in [-0.25, -0.2) is 9.67 Å². The van der Waals surface area contributed by atoms with Crippen molar-refractivity contribution in [3.05, 3.63) is 40.2 Å². The quantitative estimate of drug-likeness (QED) is 0.367. The van der Waals surface area contributed by atoms with Crippen LogP contribution in [0.2, 0.25) is 0 Å². The molecule has 0 unspecified atom stereocenters. The Morgan fingerprint density at radius 1 is 1.58 bits per heavy atom. The number of nitrogens with one attached hydrogen (secondary N) is 1. The number of benzene rings is 1. The van der Waals surface area contributed by atoms with Crippen LogP contribution in [0.15, 0.2) is 29.7 Å². The van der Waals surface area contributed by atoms with Gasteiger partial charge < -0.3 is 5.43 Å². The first-order valence-corrected chi connectivity index (χ1v) is 6.31. The van der Waals surface area contributed by atoms with E-state index in [1.54, 1.807) is 23.9 Å². The summed E-state index contributed by atoms with van der Waals surface area (Å²) in [6, 6.07) is 4.78. The van der Waals surface area contributed by atoms with E-state index in [2.05, 4.69) is 15.5 Å². The normalized spacial score (nSPS) is 10.4. The van der Waals surface area contributed by atoms with Gasteiger partial charge in [0.05, 0.1) is 4.92 Å². The van der Waals surface area contributed by atoms with E-state index in [9.17, 15) is 10.1 Å². The standard InChI is InChI=1S/C10H12N6O2S/c1-15-10(12-6-13-15)19-5-7-2-3-9(16(17)18)8(4-7)14-11/h2-4,6,14H,5,11H2,1H3. The Morgan fingerprint density at radius 3 is 2.95 bits per heavy atom. The SMILES string of the molecule is Cn1ncnc1SCc1ccc([N+](=O)[O-])c(NN)c1. The first-order chi connectivity index (χ1) is 9.11. The molecule has 0 radical (unpaired) electrons. The van der Waals surface area contributed by atoms with Crippen molar-refractivity contribution < 1.29 is 4.92 Å². The number of aryl methyl sites for hydroxylation is 1. The van der Waals surface area contributed by atoms with Crippen molar-refractivity contribution in [1.29, 1.82) is 0 Å². The molecule has 9 heteroatoms. The molecule has 0 aliphatic heterocycles. The van der Waals surface area contributed by atoms with Crippen LogP contribution in [-0.2, 0) is 12.8 Å². The van der Waals surface area contributed by atoms with Crippen LogP contribution in [0.1, 0.15) is 5.56 Å². The van der Waals surface area contributed by atoms with E-state index in [1.165, 1.54) is 24.2 Å². The number of rotatable bonds is 5. The van der Waals surface area contributed by atoms with Crippen molar-refractivity contribution in [2.45, 2.75) is 10.9 Å². The highest BCUT2D eigenvalue weighted by Gasteiger charge is 2.13. The van der Waals surface area contributed by atoms with Crippen LogP contribution in [0, 0.1) is 10.1 Å². The Labute approximate surface area is 113 Å². The van der Waals surface area contributed by atoms with Gasteiger partial charge >= 0.3 is 0 Å². The van der Waals surface area contributed by atoms with Crippen LogP contribution >= 0.6 is 11.8 Å². The maximum absolute atomic E-state index is 10.8. The zero-order valence-electron chi connectivity index (χ0n) is 10.1. The average molecular weight is 280 g/mol. The number of nitrogens with zero attached hydrogens (tertiary/aromatic N) is 4. The van der Waals surface area contributed by atoms with Crippen LogP contribution in [0.25, 0.3) is 0 Å². The fourth-order valence-corrected chi connectivity index (χ4v) is 2.34. The zero-order valence-corrected chi connectivity index (χ0v) is 10.9. The molecule has 0 atom stereocenters. The average Bonchev–Trinajstić information content (AvgIpc) is 2.81. The Bertz CT molecular complexity index is 599. The van der Waals surface area contributed by atoms with E-state index in [0.717, 1.165) is 10.7 Å². The summed E-state index contributed by atoms with van der Waals surface area (Å²) in [5.74, 6) is 5.91. The second-order valence-corrected chi connectivity index (χ2v) is 4.65. The van der Waals surface area contributed by atoms with Crippen molar-refractivity contribution in [3.8, 4) is 0 Å². The van der Waals surface area contributed by atoms with Gasteiger partial charge in [-0.05, 0) is 11.6 Å². The summed E-state index contributed by atoms with van der Waals surface area (Å²) in [5, 5.41) is 15.5. The molecule has 2 aromatic rings. The van der Waals surface area contributed by atoms with Gasteiger partial charge in [0.2, 0.25) is 0 Å². The third-order valence-corrected chi connectivity index (χ3v) is 3.56. The first-order valence-electron chi connectivity index (χ1n) is 5.32. The molecular formula is C10H12N6O2S. The van der Waals surface area contributed by atoms with E-state index in [-0.39, 0.29) is 5.69 Å². The van der Waals surface area contributed by atoms with Gasteiger partial charge in [-0.2, -0.15) is 5.10 Å². The number of thioether (sulfide) groups is 1. The van der Waals surface area contributed by atoms with Gasteiger partial charge in [0.15, 0.2) is 5.16 Å². The molecule has 100 valence electrons. The Hall–Kier alpha value is -2.13. The highest BCUT2D eigenvalue weighted by molar-refractivity contribution is 7.98. The molecular weight excluding hydrogens is 268 g/mol. The van der Waals surface area contributed by atoms with Crippen molar-refractivity contribution in [2.24, 2.45) is 12.9 Å². The second-order valence-electron chi connectivity index (χ2n) is 3.71. The largest absolute Gasteiger partial charge is 0.318 e. The fourth-order valence-electron chi connectivity index (χ4n) is 1.51. The Morgan fingerprint density at radius 2 is 2.37 bits per heavy atom. The number of hydrogen-bond acceptors (Lipinski definition) is 7. The van der Waals surface area contributed by atoms with E-state index >= 15 is 0 Å². The summed E-state index contributed by atoms with van der Waals surface area (Å²) >= 11 is 1.49. The lowest BCUT2D eigenvalue weighted by Crippen LogP contribution is -2.09. The molecule has 0 saturated heterocycles. The van der Waals surface area contributed by atoms with Crippen LogP contribution < -0.4 is 11.3 Å². The number of nitrogens with two attached hydrogens (primary N) is 1. The molecule has 1 aromatic heterocycles. The van der Waals surface area contributed by atoms with Gasteiger partial charge in [0, 0.05) is 18.9 Å². The smallest absolute Gasteiger partial charge is 0.293 e. The van der Waals surface area contributed by atoms with E-state index < -0.39 is 4.92 Å². The number of nitro groups is 1. The monoisotopic (exact) mass is 280 g/mol. The van der Waals surface area contributed by atoms with Crippen LogP contribution in [0.5, 0.6) is 0 Å². The van der Waals surface area contributed by atoms with Crippen LogP contribution in [0.3, 0.4) is 0 Å². The molecule has 0 aliphatic rings. The number of nitrogen functional groups attached to an aromatic ring is 1. The molecule has 19 heavy (non-hydrogen) atoms.